The van der Waals surface area contributed by atoms with Gasteiger partial charge in [0, 0.05) is 51.4 Å². The number of aromatic nitrogens is 1. The number of amides is 3. The van der Waals surface area contributed by atoms with Crippen LogP contribution in [0.15, 0.2) is 42.6 Å². The third-order valence-corrected chi connectivity index (χ3v) is 7.49. The Labute approximate surface area is 238 Å². The summed E-state index contributed by atoms with van der Waals surface area (Å²) in [7, 11) is 3.38. The Morgan fingerprint density at radius 3 is 2.38 bits per heavy atom. The van der Waals surface area contributed by atoms with Gasteiger partial charge in [-0.05, 0) is 51.3 Å². The van der Waals surface area contributed by atoms with Crippen molar-refractivity contribution in [3.63, 3.8) is 0 Å². The number of hydrogen-bond acceptors (Lipinski definition) is 6. The molecule has 2 aliphatic heterocycles. The van der Waals surface area contributed by atoms with Crippen molar-refractivity contribution in [1.82, 2.24) is 19.7 Å². The Bertz CT molecular complexity index is 1250. The number of rotatable bonds is 5. The molecule has 1 aromatic carbocycles. The lowest BCUT2D eigenvalue weighted by molar-refractivity contribution is -0.138. The molecular formula is C31H43N5O4. The van der Waals surface area contributed by atoms with Gasteiger partial charge in [0.25, 0.3) is 0 Å². The minimum Gasteiger partial charge on any atom is -0.444 e. The highest BCUT2D eigenvalue weighted by Gasteiger charge is 2.44. The molecule has 0 bridgehead atoms. The van der Waals surface area contributed by atoms with Crippen LogP contribution in [0.2, 0.25) is 0 Å². The van der Waals surface area contributed by atoms with Crippen LogP contribution in [0.25, 0.3) is 0 Å². The van der Waals surface area contributed by atoms with Crippen molar-refractivity contribution in [1.29, 1.82) is 0 Å². The van der Waals surface area contributed by atoms with Gasteiger partial charge in [0.15, 0.2) is 0 Å². The molecule has 2 atom stereocenters. The second-order valence-electron chi connectivity index (χ2n) is 12.9. The summed E-state index contributed by atoms with van der Waals surface area (Å²) in [6, 6.07) is 11.4. The van der Waals surface area contributed by atoms with Gasteiger partial charge in [-0.2, -0.15) is 0 Å². The first-order chi connectivity index (χ1) is 18.7. The second kappa shape index (κ2) is 11.2. The fraction of sp³-hybridized carbons (Fsp3) is 0.548. The van der Waals surface area contributed by atoms with E-state index in [1.807, 2.05) is 61.9 Å². The Kier molecular flexibility index (Phi) is 8.26. The van der Waals surface area contributed by atoms with Crippen molar-refractivity contribution >= 4 is 23.6 Å². The summed E-state index contributed by atoms with van der Waals surface area (Å²) in [6.45, 7) is 12.7. The SMILES string of the molecule is C[C@@H]1CN(CC(=O)N2CC(C)(C)c3ncc(Cc4ccccc4)cc32)[C@@H](C(=O)N(C)C)CN1C(=O)OC(C)(C)C. The molecule has 0 radical (unpaired) electrons. The number of fused-ring (bicyclic) bond motifs is 1. The smallest absolute Gasteiger partial charge is 0.410 e. The fourth-order valence-electron chi connectivity index (χ4n) is 5.52. The first-order valence-corrected chi connectivity index (χ1v) is 13.9. The van der Waals surface area contributed by atoms with Crippen molar-refractivity contribution in [2.75, 3.05) is 45.2 Å². The number of pyridine rings is 1. The molecule has 40 heavy (non-hydrogen) atoms. The van der Waals surface area contributed by atoms with Gasteiger partial charge in [-0.15, -0.1) is 0 Å². The zero-order chi connectivity index (χ0) is 29.4. The molecule has 0 N–H and O–H groups in total. The molecule has 1 fully saturated rings. The van der Waals surface area contributed by atoms with Gasteiger partial charge in [-0.3, -0.25) is 19.5 Å². The maximum Gasteiger partial charge on any atom is 0.410 e. The molecule has 0 unspecified atom stereocenters. The van der Waals surface area contributed by atoms with Gasteiger partial charge in [-0.25, -0.2) is 4.79 Å². The Hall–Kier alpha value is -3.46. The van der Waals surface area contributed by atoms with Crippen molar-refractivity contribution in [3.8, 4) is 0 Å². The highest BCUT2D eigenvalue weighted by atomic mass is 16.6. The highest BCUT2D eigenvalue weighted by molar-refractivity contribution is 5.97. The van der Waals surface area contributed by atoms with E-state index in [0.29, 0.717) is 13.1 Å². The average Bonchev–Trinajstić information content (AvgIpc) is 3.13. The van der Waals surface area contributed by atoms with Gasteiger partial charge < -0.3 is 19.4 Å². The van der Waals surface area contributed by atoms with E-state index in [1.54, 1.807) is 19.0 Å². The van der Waals surface area contributed by atoms with Crippen LogP contribution in [0.1, 0.15) is 58.4 Å². The summed E-state index contributed by atoms with van der Waals surface area (Å²) in [5.74, 6) is -0.234. The number of piperazine rings is 1. The lowest BCUT2D eigenvalue weighted by Crippen LogP contribution is -2.64. The lowest BCUT2D eigenvalue weighted by atomic mass is 9.91. The van der Waals surface area contributed by atoms with E-state index >= 15 is 0 Å². The van der Waals surface area contributed by atoms with Gasteiger partial charge >= 0.3 is 6.09 Å². The molecule has 2 aromatic rings. The van der Waals surface area contributed by atoms with Gasteiger partial charge in [0.1, 0.15) is 11.6 Å². The van der Waals surface area contributed by atoms with Crippen LogP contribution in [-0.2, 0) is 26.2 Å². The fourth-order valence-corrected chi connectivity index (χ4v) is 5.52. The number of likely N-dealkylation sites (N-methyl/N-ethyl adjacent to an activating group) is 1. The van der Waals surface area contributed by atoms with E-state index < -0.39 is 17.7 Å². The van der Waals surface area contributed by atoms with Crippen LogP contribution < -0.4 is 4.90 Å². The Morgan fingerprint density at radius 1 is 1.07 bits per heavy atom. The molecule has 0 spiro atoms. The summed E-state index contributed by atoms with van der Waals surface area (Å²) in [6.07, 6.45) is 2.19. The van der Waals surface area contributed by atoms with E-state index in [2.05, 4.69) is 32.0 Å². The maximum absolute atomic E-state index is 13.9. The third kappa shape index (κ3) is 6.46. The van der Waals surface area contributed by atoms with Crippen molar-refractivity contribution in [2.24, 2.45) is 0 Å². The molecular weight excluding hydrogens is 506 g/mol. The molecule has 2 aliphatic rings. The number of hydrogen-bond donors (Lipinski definition) is 0. The summed E-state index contributed by atoms with van der Waals surface area (Å²) in [4.78, 5) is 51.8. The molecule has 9 heteroatoms. The Balaban J connectivity index is 1.56. The first kappa shape index (κ1) is 29.5. The normalized spacial score (nSPS) is 20.7. The number of carbonyl (C=O) groups is 3. The van der Waals surface area contributed by atoms with Gasteiger partial charge in [0.2, 0.25) is 11.8 Å². The first-order valence-electron chi connectivity index (χ1n) is 13.9. The van der Waals surface area contributed by atoms with Crippen LogP contribution in [0, 0.1) is 0 Å². The van der Waals surface area contributed by atoms with E-state index in [-0.39, 0.29) is 36.4 Å². The molecule has 3 heterocycles. The predicted molar refractivity (Wildman–Crippen MR) is 155 cm³/mol. The predicted octanol–water partition coefficient (Wildman–Crippen LogP) is 3.69. The van der Waals surface area contributed by atoms with Crippen LogP contribution in [-0.4, -0.2) is 95.6 Å². The topological polar surface area (TPSA) is 86.3 Å². The molecule has 0 saturated carbocycles. The third-order valence-electron chi connectivity index (χ3n) is 7.49. The van der Waals surface area contributed by atoms with Crippen LogP contribution >= 0.6 is 0 Å². The summed E-state index contributed by atoms with van der Waals surface area (Å²) < 4.78 is 5.61. The quantitative estimate of drug-likeness (QED) is 0.566. The minimum atomic E-state index is -0.653. The molecule has 216 valence electrons. The zero-order valence-corrected chi connectivity index (χ0v) is 25.1. The van der Waals surface area contributed by atoms with Crippen molar-refractivity contribution in [3.05, 3.63) is 59.4 Å². The van der Waals surface area contributed by atoms with Crippen LogP contribution in [0.4, 0.5) is 10.5 Å². The number of anilines is 1. The largest absolute Gasteiger partial charge is 0.444 e. The number of nitrogens with zero attached hydrogens (tertiary/aromatic N) is 5. The summed E-state index contributed by atoms with van der Waals surface area (Å²) in [5, 5.41) is 0. The maximum atomic E-state index is 13.9. The lowest BCUT2D eigenvalue weighted by Gasteiger charge is -2.45. The number of benzene rings is 1. The number of ether oxygens (including phenoxy) is 1. The molecule has 1 saturated heterocycles. The summed E-state index contributed by atoms with van der Waals surface area (Å²) >= 11 is 0. The zero-order valence-electron chi connectivity index (χ0n) is 25.1. The van der Waals surface area contributed by atoms with Gasteiger partial charge in [-0.1, -0.05) is 44.2 Å². The van der Waals surface area contributed by atoms with Crippen molar-refractivity contribution in [2.45, 2.75) is 71.1 Å². The molecule has 1 aromatic heterocycles. The summed E-state index contributed by atoms with van der Waals surface area (Å²) in [5.41, 5.74) is 3.02. The average molecular weight is 550 g/mol. The van der Waals surface area contributed by atoms with Crippen molar-refractivity contribution < 1.29 is 19.1 Å². The van der Waals surface area contributed by atoms with E-state index in [1.165, 1.54) is 10.5 Å². The van der Waals surface area contributed by atoms with Crippen LogP contribution in [0.5, 0.6) is 0 Å². The number of carbonyl (C=O) groups excluding carboxylic acids is 3. The van der Waals surface area contributed by atoms with E-state index in [0.717, 1.165) is 23.4 Å². The molecule has 3 amide bonds. The second-order valence-corrected chi connectivity index (χ2v) is 12.9. The monoisotopic (exact) mass is 549 g/mol. The minimum absolute atomic E-state index is 0.0647. The van der Waals surface area contributed by atoms with Crippen LogP contribution in [0.3, 0.4) is 0 Å². The standard InChI is InChI=1S/C31H43N5O4/c1-21-17-34(25(28(38)33(7)8)18-35(21)29(39)40-30(2,3)4)19-26(37)36-20-31(5,6)27-24(36)15-23(16-32-27)14-22-12-10-9-11-13-22/h9-13,15-16,21,25H,14,17-20H2,1-8H3/t21-,25-/m1/s1. The molecule has 0 aliphatic carbocycles. The van der Waals surface area contributed by atoms with E-state index in [4.69, 9.17) is 9.72 Å². The van der Waals surface area contributed by atoms with Gasteiger partial charge in [0.05, 0.1) is 17.9 Å². The van der Waals surface area contributed by atoms with E-state index in [9.17, 15) is 14.4 Å². The molecule has 4 rings (SSSR count). The highest BCUT2D eigenvalue weighted by Crippen LogP contribution is 2.40. The molecule has 9 nitrogen and oxygen atoms in total. The Morgan fingerprint density at radius 2 is 1.75 bits per heavy atom.